The lowest BCUT2D eigenvalue weighted by molar-refractivity contribution is -0.146. The van der Waals surface area contributed by atoms with Crippen molar-refractivity contribution in [3.63, 3.8) is 0 Å². The van der Waals surface area contributed by atoms with Crippen molar-refractivity contribution < 1.29 is 15.0 Å². The molecule has 1 amide bonds. The molecule has 1 saturated heterocycles. The second-order valence-electron chi connectivity index (χ2n) is 6.39. The smallest absolute Gasteiger partial charge is 0.254 e. The zero-order chi connectivity index (χ0) is 16.4. The summed E-state index contributed by atoms with van der Waals surface area (Å²) >= 11 is 0. The van der Waals surface area contributed by atoms with Crippen LogP contribution >= 0.6 is 0 Å². The highest BCUT2D eigenvalue weighted by molar-refractivity contribution is 5.83. The average molecular weight is 313 g/mol. The number of aliphatic hydroxyl groups is 2. The number of rotatable bonds is 3. The fraction of sp³-hybridized carbons (Fsp3) is 0.421. The molecule has 1 aliphatic heterocycles. The molecule has 4 nitrogen and oxygen atoms in total. The summed E-state index contributed by atoms with van der Waals surface area (Å²) in [6.45, 7) is 2.69. The maximum absolute atomic E-state index is 12.1. The Bertz CT molecular complexity index is 690. The average Bonchev–Trinajstić information content (AvgIpc) is 2.60. The highest BCUT2D eigenvalue weighted by Crippen LogP contribution is 2.30. The van der Waals surface area contributed by atoms with Crippen molar-refractivity contribution in [1.82, 2.24) is 4.90 Å². The van der Waals surface area contributed by atoms with Crippen LogP contribution < -0.4 is 0 Å². The van der Waals surface area contributed by atoms with E-state index in [0.717, 1.165) is 12.8 Å². The lowest BCUT2D eigenvalue weighted by Crippen LogP contribution is -2.47. The van der Waals surface area contributed by atoms with Crippen LogP contribution in [0.4, 0.5) is 0 Å². The molecule has 2 aromatic carbocycles. The van der Waals surface area contributed by atoms with Gasteiger partial charge in [0.25, 0.3) is 5.91 Å². The van der Waals surface area contributed by atoms with Crippen molar-refractivity contribution >= 4 is 16.7 Å². The van der Waals surface area contributed by atoms with Crippen molar-refractivity contribution in [2.24, 2.45) is 0 Å². The Morgan fingerprint density at radius 1 is 1.09 bits per heavy atom. The van der Waals surface area contributed by atoms with Gasteiger partial charge >= 0.3 is 0 Å². The molecule has 1 heterocycles. The van der Waals surface area contributed by atoms with Crippen LogP contribution in [-0.4, -0.2) is 46.3 Å². The molecule has 23 heavy (non-hydrogen) atoms. The summed E-state index contributed by atoms with van der Waals surface area (Å²) in [5, 5.41) is 21.5. The van der Waals surface area contributed by atoms with Gasteiger partial charge in [0, 0.05) is 13.1 Å². The summed E-state index contributed by atoms with van der Waals surface area (Å²) in [5.41, 5.74) is 1.31. The van der Waals surface area contributed by atoms with Gasteiger partial charge in [-0.2, -0.15) is 0 Å². The number of benzene rings is 2. The highest BCUT2D eigenvalue weighted by atomic mass is 16.3. The second-order valence-corrected chi connectivity index (χ2v) is 6.39. The molecule has 2 atom stereocenters. The minimum Gasteiger partial charge on any atom is -0.390 e. The largest absolute Gasteiger partial charge is 0.390 e. The van der Waals surface area contributed by atoms with Gasteiger partial charge in [-0.25, -0.2) is 0 Å². The Morgan fingerprint density at radius 3 is 2.39 bits per heavy atom. The Balaban J connectivity index is 1.67. The van der Waals surface area contributed by atoms with Crippen LogP contribution in [0.1, 0.15) is 31.2 Å². The quantitative estimate of drug-likeness (QED) is 0.914. The predicted octanol–water partition coefficient (Wildman–Crippen LogP) is 2.29. The lowest BCUT2D eigenvalue weighted by atomic mass is 9.88. The van der Waals surface area contributed by atoms with Crippen molar-refractivity contribution in [1.29, 1.82) is 0 Å². The van der Waals surface area contributed by atoms with Crippen LogP contribution in [0.5, 0.6) is 0 Å². The van der Waals surface area contributed by atoms with Crippen molar-refractivity contribution in [2.45, 2.75) is 37.9 Å². The molecule has 1 aliphatic rings. The number of hydrogen-bond acceptors (Lipinski definition) is 3. The number of aliphatic hydroxyl groups excluding tert-OH is 2. The molecule has 0 saturated carbocycles. The molecule has 0 aliphatic carbocycles. The first-order valence-corrected chi connectivity index (χ1v) is 8.20. The maximum Gasteiger partial charge on any atom is 0.254 e. The van der Waals surface area contributed by atoms with Gasteiger partial charge in [0.1, 0.15) is 0 Å². The van der Waals surface area contributed by atoms with E-state index in [1.165, 1.54) is 23.3 Å². The third kappa shape index (κ3) is 3.38. The van der Waals surface area contributed by atoms with E-state index in [9.17, 15) is 15.0 Å². The molecule has 2 aromatic rings. The third-order valence-electron chi connectivity index (χ3n) is 4.76. The minimum atomic E-state index is -1.31. The second kappa shape index (κ2) is 6.69. The highest BCUT2D eigenvalue weighted by Gasteiger charge is 2.29. The first-order chi connectivity index (χ1) is 11.1. The van der Waals surface area contributed by atoms with Crippen molar-refractivity contribution in [3.05, 3.63) is 48.0 Å². The number of fused-ring (bicyclic) bond motifs is 1. The standard InChI is InChI=1S/C19H23NO3/c1-13(21)18(22)19(23)20-10-8-15(9-11-20)17-7-6-14-4-2-3-5-16(14)12-17/h2-7,12-13,15,18,21-22H,8-11H2,1H3. The van der Waals surface area contributed by atoms with Gasteiger partial charge in [-0.3, -0.25) is 4.79 Å². The fourth-order valence-corrected chi connectivity index (χ4v) is 3.29. The zero-order valence-corrected chi connectivity index (χ0v) is 13.4. The minimum absolute atomic E-state index is 0.364. The van der Waals surface area contributed by atoms with E-state index in [0.29, 0.717) is 19.0 Å². The van der Waals surface area contributed by atoms with Gasteiger partial charge in [-0.1, -0.05) is 42.5 Å². The van der Waals surface area contributed by atoms with Gasteiger partial charge in [-0.15, -0.1) is 0 Å². The molecule has 2 N–H and O–H groups in total. The molecule has 0 bridgehead atoms. The monoisotopic (exact) mass is 313 g/mol. The number of likely N-dealkylation sites (tertiary alicyclic amines) is 1. The van der Waals surface area contributed by atoms with Crippen LogP contribution in [0.15, 0.2) is 42.5 Å². The summed E-state index contributed by atoms with van der Waals surface area (Å²) < 4.78 is 0. The fourth-order valence-electron chi connectivity index (χ4n) is 3.29. The van der Waals surface area contributed by atoms with E-state index in [-0.39, 0.29) is 5.91 Å². The Morgan fingerprint density at radius 2 is 1.74 bits per heavy atom. The Kier molecular flexibility index (Phi) is 4.64. The number of amides is 1. The Hall–Kier alpha value is -1.91. The van der Waals surface area contributed by atoms with E-state index < -0.39 is 12.2 Å². The van der Waals surface area contributed by atoms with E-state index >= 15 is 0 Å². The summed E-state index contributed by atoms with van der Waals surface area (Å²) in [6.07, 6.45) is -0.569. The van der Waals surface area contributed by atoms with Crippen LogP contribution in [0, 0.1) is 0 Å². The topological polar surface area (TPSA) is 60.8 Å². The zero-order valence-electron chi connectivity index (χ0n) is 13.4. The molecule has 122 valence electrons. The molecule has 0 spiro atoms. The predicted molar refractivity (Wildman–Crippen MR) is 90.2 cm³/mol. The van der Waals surface area contributed by atoms with E-state index in [4.69, 9.17) is 0 Å². The van der Waals surface area contributed by atoms with Gasteiger partial charge in [0.2, 0.25) is 0 Å². The van der Waals surface area contributed by atoms with Crippen LogP contribution in [0.2, 0.25) is 0 Å². The van der Waals surface area contributed by atoms with Crippen molar-refractivity contribution in [2.75, 3.05) is 13.1 Å². The lowest BCUT2D eigenvalue weighted by Gasteiger charge is -2.34. The SMILES string of the molecule is CC(O)C(O)C(=O)N1CCC(c2ccc3ccccc3c2)CC1. The molecule has 1 fully saturated rings. The summed E-state index contributed by atoms with van der Waals surface area (Å²) in [6, 6.07) is 14.9. The summed E-state index contributed by atoms with van der Waals surface area (Å²) in [7, 11) is 0. The van der Waals surface area contributed by atoms with Crippen LogP contribution in [0.3, 0.4) is 0 Å². The van der Waals surface area contributed by atoms with Crippen LogP contribution in [-0.2, 0) is 4.79 Å². The van der Waals surface area contributed by atoms with E-state index in [1.807, 2.05) is 12.1 Å². The first kappa shape index (κ1) is 16.0. The number of nitrogens with zero attached hydrogens (tertiary/aromatic N) is 1. The van der Waals surface area contributed by atoms with Crippen LogP contribution in [0.25, 0.3) is 10.8 Å². The summed E-state index contributed by atoms with van der Waals surface area (Å²) in [4.78, 5) is 13.7. The van der Waals surface area contributed by atoms with Gasteiger partial charge in [0.05, 0.1) is 6.10 Å². The maximum atomic E-state index is 12.1. The first-order valence-electron chi connectivity index (χ1n) is 8.20. The number of piperidine rings is 1. The molecule has 4 heteroatoms. The number of hydrogen-bond donors (Lipinski definition) is 2. The van der Waals surface area contributed by atoms with Gasteiger partial charge < -0.3 is 15.1 Å². The molecule has 0 radical (unpaired) electrons. The molecular weight excluding hydrogens is 290 g/mol. The third-order valence-corrected chi connectivity index (χ3v) is 4.76. The number of carbonyl (C=O) groups is 1. The molecular formula is C19H23NO3. The molecule has 2 unspecified atom stereocenters. The van der Waals surface area contributed by atoms with E-state index in [2.05, 4.69) is 30.3 Å². The Labute approximate surface area is 136 Å². The van der Waals surface area contributed by atoms with Crippen molar-refractivity contribution in [3.8, 4) is 0 Å². The van der Waals surface area contributed by atoms with Gasteiger partial charge in [-0.05, 0) is 42.0 Å². The number of carbonyl (C=O) groups excluding carboxylic acids is 1. The van der Waals surface area contributed by atoms with Gasteiger partial charge in [0.15, 0.2) is 6.10 Å². The molecule has 0 aromatic heterocycles. The normalized spacial score (nSPS) is 18.8. The summed E-state index contributed by atoms with van der Waals surface area (Å²) in [5.74, 6) is 0.0734. The molecule has 3 rings (SSSR count). The van der Waals surface area contributed by atoms with E-state index in [1.54, 1.807) is 4.90 Å².